The molecule has 1 aromatic heterocycles. The lowest BCUT2D eigenvalue weighted by molar-refractivity contribution is -0.192. The van der Waals surface area contributed by atoms with Crippen molar-refractivity contribution < 1.29 is 60.8 Å². The molecule has 228 valence electrons. The van der Waals surface area contributed by atoms with Crippen molar-refractivity contribution in [2.24, 2.45) is 17.4 Å². The van der Waals surface area contributed by atoms with E-state index < -0.39 is 65.6 Å². The molecular formula is C25H22ClF5N2O8S. The molecule has 42 heavy (non-hydrogen) atoms. The molecule has 1 atom stereocenters. The number of carbonyl (C=O) groups excluding carboxylic acids is 2. The van der Waals surface area contributed by atoms with Crippen molar-refractivity contribution in [2.45, 2.75) is 39.6 Å². The maximum atomic E-state index is 14.3. The third-order valence-corrected chi connectivity index (χ3v) is 7.14. The fourth-order valence-corrected chi connectivity index (χ4v) is 4.65. The first-order valence-corrected chi connectivity index (χ1v) is 12.6. The molecule has 0 saturated heterocycles. The molecular weight excluding hydrogens is 619 g/mol. The van der Waals surface area contributed by atoms with E-state index in [9.17, 15) is 41.4 Å². The van der Waals surface area contributed by atoms with E-state index in [1.807, 2.05) is 0 Å². The first-order valence-electron chi connectivity index (χ1n) is 11.4. The van der Waals surface area contributed by atoms with E-state index in [2.05, 4.69) is 0 Å². The van der Waals surface area contributed by atoms with E-state index >= 15 is 0 Å². The Morgan fingerprint density at radius 1 is 1.07 bits per heavy atom. The number of thiophene rings is 1. The Bertz CT molecular complexity index is 1540. The Balaban J connectivity index is 0.000000782. The lowest BCUT2D eigenvalue weighted by Crippen LogP contribution is -2.38. The number of halogens is 6. The predicted molar refractivity (Wildman–Crippen MR) is 140 cm³/mol. The lowest BCUT2D eigenvalue weighted by Gasteiger charge is -2.16. The van der Waals surface area contributed by atoms with E-state index in [4.69, 9.17) is 42.4 Å². The summed E-state index contributed by atoms with van der Waals surface area (Å²) in [6.45, 7) is 4.53. The molecule has 0 aliphatic rings. The van der Waals surface area contributed by atoms with Gasteiger partial charge in [0.1, 0.15) is 23.3 Å². The summed E-state index contributed by atoms with van der Waals surface area (Å²) in [5, 5.41) is 17.2. The van der Waals surface area contributed by atoms with Gasteiger partial charge in [0.25, 0.3) is 0 Å². The second-order valence-electron chi connectivity index (χ2n) is 8.82. The van der Waals surface area contributed by atoms with Crippen LogP contribution in [0.25, 0.3) is 10.1 Å². The normalized spacial score (nSPS) is 12.0. The quantitative estimate of drug-likeness (QED) is 0.149. The number of amides is 1. The summed E-state index contributed by atoms with van der Waals surface area (Å²) < 4.78 is 71.4. The summed E-state index contributed by atoms with van der Waals surface area (Å²) >= 11 is 7.34. The van der Waals surface area contributed by atoms with Gasteiger partial charge in [-0.05, 0) is 31.0 Å². The standard InChI is InChI=1S/C23H21ClF2N2O6S.C2HF3O2/c1-8(2)18(27)23(32)34-14-6-15-16(17(24)9(14)3)11(20(35-15)22(30)31)7-33-19-12(25)4-10(21(28)29)5-13(19)26;3-2(4,5)1(6)7/h4-6,8,18H,7,27H2,1-3H3,(H2,28,29)(H,30,31);(H,6,7). The van der Waals surface area contributed by atoms with Crippen LogP contribution in [0.3, 0.4) is 0 Å². The molecule has 1 heterocycles. The van der Waals surface area contributed by atoms with Crippen LogP contribution in [-0.2, 0) is 16.2 Å². The number of aliphatic carboxylic acids is 1. The van der Waals surface area contributed by atoms with Crippen molar-refractivity contribution in [1.82, 2.24) is 0 Å². The van der Waals surface area contributed by atoms with Gasteiger partial charge in [-0.2, -0.15) is 13.2 Å². The number of fused-ring (bicyclic) bond motifs is 1. The van der Waals surface area contributed by atoms with Crippen LogP contribution in [0.2, 0.25) is 5.02 Å². The molecule has 1 unspecified atom stereocenters. The number of carboxylic acids is 2. The molecule has 1 amide bonds. The van der Waals surface area contributed by atoms with Crippen molar-refractivity contribution >= 4 is 56.8 Å². The lowest BCUT2D eigenvalue weighted by atomic mass is 10.1. The third kappa shape index (κ3) is 7.83. The van der Waals surface area contributed by atoms with Crippen molar-refractivity contribution in [2.75, 3.05) is 0 Å². The van der Waals surface area contributed by atoms with Gasteiger partial charge in [-0.25, -0.2) is 23.2 Å². The van der Waals surface area contributed by atoms with Gasteiger partial charge >= 0.3 is 24.1 Å². The van der Waals surface area contributed by atoms with Crippen LogP contribution >= 0.6 is 22.9 Å². The molecule has 0 saturated carbocycles. The molecule has 0 aliphatic carbocycles. The molecule has 0 fully saturated rings. The van der Waals surface area contributed by atoms with Gasteiger partial charge in [0.15, 0.2) is 17.4 Å². The fraction of sp³-hybridized carbons (Fsp3) is 0.280. The van der Waals surface area contributed by atoms with Gasteiger partial charge in [-0.1, -0.05) is 25.4 Å². The van der Waals surface area contributed by atoms with Crippen molar-refractivity contribution in [3.05, 3.63) is 56.4 Å². The van der Waals surface area contributed by atoms with Gasteiger partial charge in [0.2, 0.25) is 5.91 Å². The molecule has 6 N–H and O–H groups in total. The average molecular weight is 641 g/mol. The van der Waals surface area contributed by atoms with Crippen LogP contribution in [0, 0.1) is 24.5 Å². The Morgan fingerprint density at radius 3 is 2.02 bits per heavy atom. The number of nitrogens with two attached hydrogens (primary N) is 2. The largest absolute Gasteiger partial charge is 0.490 e. The second kappa shape index (κ2) is 13.3. The summed E-state index contributed by atoms with van der Waals surface area (Å²) in [5.41, 5.74) is 10.9. The van der Waals surface area contributed by atoms with Gasteiger partial charge in [-0.15, -0.1) is 11.3 Å². The van der Waals surface area contributed by atoms with Crippen LogP contribution in [0.15, 0.2) is 18.2 Å². The average Bonchev–Trinajstić information content (AvgIpc) is 3.24. The number of benzene rings is 2. The maximum Gasteiger partial charge on any atom is 0.490 e. The number of hydrogen-bond donors (Lipinski definition) is 4. The number of carbonyl (C=O) groups is 4. The van der Waals surface area contributed by atoms with E-state index in [1.54, 1.807) is 20.8 Å². The zero-order valence-corrected chi connectivity index (χ0v) is 23.3. The topological polar surface area (TPSA) is 179 Å². The van der Waals surface area contributed by atoms with Crippen molar-refractivity contribution in [3.63, 3.8) is 0 Å². The number of hydrogen-bond acceptors (Lipinski definition) is 8. The number of rotatable bonds is 8. The first kappa shape index (κ1) is 34.2. The molecule has 0 radical (unpaired) electrons. The van der Waals surface area contributed by atoms with Gasteiger partial charge in [-0.3, -0.25) is 4.79 Å². The molecule has 0 spiro atoms. The SMILES string of the molecule is Cc1c(OC(=O)C(N)C(C)C)cc2sc(C(=O)O)c(COc3c(F)cc(C(N)=O)cc3F)c2c1Cl.O=C(O)C(F)(F)F. The fourth-order valence-electron chi connectivity index (χ4n) is 3.20. The Hall–Kier alpha value is -4.02. The minimum Gasteiger partial charge on any atom is -0.483 e. The smallest absolute Gasteiger partial charge is 0.483 e. The summed E-state index contributed by atoms with van der Waals surface area (Å²) in [6.07, 6.45) is -5.08. The highest BCUT2D eigenvalue weighted by molar-refractivity contribution is 7.21. The third-order valence-electron chi connectivity index (χ3n) is 5.50. The van der Waals surface area contributed by atoms with Crippen LogP contribution in [-0.4, -0.2) is 46.2 Å². The Kier molecular flexibility index (Phi) is 10.8. The molecule has 3 rings (SSSR count). The van der Waals surface area contributed by atoms with E-state index in [0.29, 0.717) is 22.4 Å². The number of aromatic carboxylic acids is 1. The summed E-state index contributed by atoms with van der Waals surface area (Å²) in [4.78, 5) is 44.1. The minimum atomic E-state index is -5.08. The molecule has 17 heteroatoms. The molecule has 3 aromatic rings. The zero-order chi connectivity index (χ0) is 32.3. The molecule has 0 bridgehead atoms. The van der Waals surface area contributed by atoms with E-state index in [1.165, 1.54) is 6.07 Å². The van der Waals surface area contributed by atoms with Crippen LogP contribution < -0.4 is 20.9 Å². The summed E-state index contributed by atoms with van der Waals surface area (Å²) in [7, 11) is 0. The van der Waals surface area contributed by atoms with Crippen molar-refractivity contribution in [1.29, 1.82) is 0 Å². The first-order chi connectivity index (χ1) is 19.3. The highest BCUT2D eigenvalue weighted by Crippen LogP contribution is 2.42. The second-order valence-corrected chi connectivity index (χ2v) is 10.2. The number of alkyl halides is 3. The Labute approximate surface area is 242 Å². The predicted octanol–water partition coefficient (Wildman–Crippen LogP) is 5.04. The minimum absolute atomic E-state index is 0.0696. The van der Waals surface area contributed by atoms with E-state index in [0.717, 1.165) is 11.3 Å². The van der Waals surface area contributed by atoms with Crippen LogP contribution in [0.5, 0.6) is 11.5 Å². The van der Waals surface area contributed by atoms with Crippen LogP contribution in [0.1, 0.15) is 45.0 Å². The van der Waals surface area contributed by atoms with Crippen LogP contribution in [0.4, 0.5) is 22.0 Å². The number of ether oxygens (including phenoxy) is 2. The summed E-state index contributed by atoms with van der Waals surface area (Å²) in [6, 6.07) is 2.00. The molecule has 2 aromatic carbocycles. The highest BCUT2D eigenvalue weighted by Gasteiger charge is 2.38. The van der Waals surface area contributed by atoms with Gasteiger partial charge in [0, 0.05) is 26.8 Å². The highest BCUT2D eigenvalue weighted by atomic mass is 35.5. The van der Waals surface area contributed by atoms with Crippen molar-refractivity contribution in [3.8, 4) is 11.5 Å². The molecule has 0 aliphatic heterocycles. The van der Waals surface area contributed by atoms with Gasteiger partial charge in [0.05, 0.1) is 5.02 Å². The summed E-state index contributed by atoms with van der Waals surface area (Å²) in [5.74, 6) is -9.04. The number of esters is 1. The van der Waals surface area contributed by atoms with E-state index in [-0.39, 0.29) is 32.5 Å². The maximum absolute atomic E-state index is 14.3. The molecule has 10 nitrogen and oxygen atoms in total. The number of primary amides is 1. The van der Waals surface area contributed by atoms with Gasteiger partial charge < -0.3 is 31.2 Å². The Morgan fingerprint density at radius 2 is 1.60 bits per heavy atom. The zero-order valence-electron chi connectivity index (χ0n) is 21.8. The number of carboxylic acid groups (broad SMARTS) is 2. The monoisotopic (exact) mass is 640 g/mol.